The Morgan fingerprint density at radius 1 is 1.17 bits per heavy atom. The molecule has 4 nitrogen and oxygen atoms in total. The molecule has 6 heteroatoms. The molecule has 0 bridgehead atoms. The van der Waals surface area contributed by atoms with E-state index in [0.717, 1.165) is 4.47 Å². The Hall–Kier alpha value is -2.47. The highest BCUT2D eigenvalue weighted by Gasteiger charge is 2.13. The lowest BCUT2D eigenvalue weighted by Gasteiger charge is -2.02. The van der Waals surface area contributed by atoms with Crippen LogP contribution in [-0.2, 0) is 11.3 Å². The predicted molar refractivity (Wildman–Crippen MR) is 85.2 cm³/mol. The molecular formula is C17H11BrFNO3. The highest BCUT2D eigenvalue weighted by Crippen LogP contribution is 2.23. The third kappa shape index (κ3) is 3.65. The fraction of sp³-hybridized carbons (Fsp3) is 0.0588. The Morgan fingerprint density at radius 2 is 1.91 bits per heavy atom. The van der Waals surface area contributed by atoms with Gasteiger partial charge in [0.25, 0.3) is 0 Å². The lowest BCUT2D eigenvalue weighted by atomic mass is 10.1. The quantitative estimate of drug-likeness (QED) is 0.625. The first kappa shape index (κ1) is 15.4. The van der Waals surface area contributed by atoms with E-state index < -0.39 is 11.8 Å². The number of hydrogen-bond donors (Lipinski definition) is 0. The van der Waals surface area contributed by atoms with Gasteiger partial charge in [0.15, 0.2) is 5.76 Å². The van der Waals surface area contributed by atoms with E-state index >= 15 is 0 Å². The van der Waals surface area contributed by atoms with Gasteiger partial charge >= 0.3 is 5.97 Å². The first-order chi connectivity index (χ1) is 11.1. The van der Waals surface area contributed by atoms with Crippen LogP contribution in [0.25, 0.3) is 11.3 Å². The fourth-order valence-electron chi connectivity index (χ4n) is 1.98. The summed E-state index contributed by atoms with van der Waals surface area (Å²) in [4.78, 5) is 11.9. The van der Waals surface area contributed by atoms with E-state index in [4.69, 9.17) is 9.26 Å². The average Bonchev–Trinajstić information content (AvgIpc) is 3.02. The average molecular weight is 376 g/mol. The Balaban J connectivity index is 1.67. The second kappa shape index (κ2) is 6.75. The number of aromatic nitrogens is 1. The van der Waals surface area contributed by atoms with Crippen molar-refractivity contribution in [2.75, 3.05) is 0 Å². The van der Waals surface area contributed by atoms with Gasteiger partial charge in [-0.1, -0.05) is 33.2 Å². The molecule has 0 saturated heterocycles. The molecule has 0 N–H and O–H groups in total. The maximum absolute atomic E-state index is 13.7. The lowest BCUT2D eigenvalue weighted by Crippen LogP contribution is -2.05. The van der Waals surface area contributed by atoms with Crippen LogP contribution in [0.4, 0.5) is 4.39 Å². The third-order valence-electron chi connectivity index (χ3n) is 3.13. The molecule has 0 amide bonds. The molecule has 0 saturated carbocycles. The Kier molecular flexibility index (Phi) is 4.52. The number of rotatable bonds is 4. The van der Waals surface area contributed by atoms with Crippen LogP contribution in [-0.4, -0.2) is 11.1 Å². The molecule has 1 heterocycles. The second-order valence-corrected chi connectivity index (χ2v) is 5.66. The molecule has 0 fully saturated rings. The summed E-state index contributed by atoms with van der Waals surface area (Å²) in [6.07, 6.45) is 0. The zero-order valence-corrected chi connectivity index (χ0v) is 13.4. The molecular weight excluding hydrogens is 365 g/mol. The second-order valence-electron chi connectivity index (χ2n) is 4.75. The predicted octanol–water partition coefficient (Wildman–Crippen LogP) is 4.60. The number of benzene rings is 2. The van der Waals surface area contributed by atoms with Gasteiger partial charge in [0, 0.05) is 10.5 Å². The molecule has 23 heavy (non-hydrogen) atoms. The van der Waals surface area contributed by atoms with E-state index in [1.165, 1.54) is 6.07 Å². The van der Waals surface area contributed by atoms with Crippen LogP contribution >= 0.6 is 15.9 Å². The van der Waals surface area contributed by atoms with E-state index in [-0.39, 0.29) is 12.4 Å². The van der Waals surface area contributed by atoms with E-state index in [0.29, 0.717) is 16.8 Å². The molecule has 0 aliphatic rings. The maximum Gasteiger partial charge on any atom is 0.338 e. The number of ether oxygens (including phenoxy) is 1. The van der Waals surface area contributed by atoms with Crippen molar-refractivity contribution in [2.24, 2.45) is 0 Å². The van der Waals surface area contributed by atoms with E-state index in [2.05, 4.69) is 21.1 Å². The number of esters is 1. The summed E-state index contributed by atoms with van der Waals surface area (Å²) in [5, 5.41) is 3.79. The molecule has 0 atom stereocenters. The normalized spacial score (nSPS) is 10.5. The fourth-order valence-corrected chi connectivity index (χ4v) is 2.24. The molecule has 3 rings (SSSR count). The standard InChI is InChI=1S/C17H11BrFNO3/c18-12-7-5-11(6-8-12)17(21)22-10-13-9-16(23-20-13)14-3-1-2-4-15(14)19/h1-9H,10H2. The minimum absolute atomic E-state index is 0.0488. The van der Waals surface area contributed by atoms with Crippen LogP contribution < -0.4 is 0 Å². The molecule has 2 aromatic carbocycles. The smallest absolute Gasteiger partial charge is 0.338 e. The van der Waals surface area contributed by atoms with E-state index in [1.54, 1.807) is 48.5 Å². The van der Waals surface area contributed by atoms with Crippen molar-refractivity contribution < 1.29 is 18.4 Å². The maximum atomic E-state index is 13.7. The van der Waals surface area contributed by atoms with Gasteiger partial charge in [-0.2, -0.15) is 0 Å². The van der Waals surface area contributed by atoms with Crippen LogP contribution in [0.3, 0.4) is 0 Å². The van der Waals surface area contributed by atoms with Crippen molar-refractivity contribution in [3.63, 3.8) is 0 Å². The van der Waals surface area contributed by atoms with Crippen molar-refractivity contribution in [2.45, 2.75) is 6.61 Å². The molecule has 0 aliphatic carbocycles. The van der Waals surface area contributed by atoms with Crippen LogP contribution in [0.5, 0.6) is 0 Å². The van der Waals surface area contributed by atoms with Gasteiger partial charge in [-0.05, 0) is 36.4 Å². The van der Waals surface area contributed by atoms with Gasteiger partial charge < -0.3 is 9.26 Å². The first-order valence-corrected chi connectivity index (χ1v) is 7.56. The molecule has 0 spiro atoms. The number of carbonyl (C=O) groups excluding carboxylic acids is 1. The van der Waals surface area contributed by atoms with Crippen molar-refractivity contribution in [1.82, 2.24) is 5.16 Å². The Morgan fingerprint density at radius 3 is 2.65 bits per heavy atom. The van der Waals surface area contributed by atoms with Gasteiger partial charge in [0.2, 0.25) is 0 Å². The van der Waals surface area contributed by atoms with Gasteiger partial charge in [0.1, 0.15) is 18.1 Å². The Labute approximate surface area is 140 Å². The minimum atomic E-state index is -0.465. The van der Waals surface area contributed by atoms with Crippen LogP contribution in [0.15, 0.2) is 63.6 Å². The van der Waals surface area contributed by atoms with Crippen LogP contribution in [0.1, 0.15) is 16.1 Å². The van der Waals surface area contributed by atoms with E-state index in [9.17, 15) is 9.18 Å². The van der Waals surface area contributed by atoms with Gasteiger partial charge in [0.05, 0.1) is 11.1 Å². The summed E-state index contributed by atoms with van der Waals surface area (Å²) in [5.74, 6) is -0.576. The lowest BCUT2D eigenvalue weighted by molar-refractivity contribution is 0.0464. The van der Waals surface area contributed by atoms with Crippen molar-refractivity contribution >= 4 is 21.9 Å². The molecule has 0 unspecified atom stereocenters. The summed E-state index contributed by atoms with van der Waals surface area (Å²) in [6.45, 7) is -0.0488. The van der Waals surface area contributed by atoms with Gasteiger partial charge in [-0.3, -0.25) is 0 Å². The molecule has 0 radical (unpaired) electrons. The zero-order valence-electron chi connectivity index (χ0n) is 11.8. The van der Waals surface area contributed by atoms with Crippen molar-refractivity contribution in [3.8, 4) is 11.3 Å². The Bertz CT molecular complexity index is 830. The largest absolute Gasteiger partial charge is 0.455 e. The highest BCUT2D eigenvalue weighted by atomic mass is 79.9. The van der Waals surface area contributed by atoms with Gasteiger partial charge in [-0.25, -0.2) is 9.18 Å². The monoisotopic (exact) mass is 375 g/mol. The van der Waals surface area contributed by atoms with Gasteiger partial charge in [-0.15, -0.1) is 0 Å². The number of nitrogens with zero attached hydrogens (tertiary/aromatic N) is 1. The molecule has 3 aromatic rings. The SMILES string of the molecule is O=C(OCc1cc(-c2ccccc2F)on1)c1ccc(Br)cc1. The number of halogens is 2. The minimum Gasteiger partial charge on any atom is -0.455 e. The summed E-state index contributed by atoms with van der Waals surface area (Å²) >= 11 is 3.30. The topological polar surface area (TPSA) is 52.3 Å². The van der Waals surface area contributed by atoms with Crippen LogP contribution in [0.2, 0.25) is 0 Å². The van der Waals surface area contributed by atoms with E-state index in [1.807, 2.05) is 0 Å². The summed E-state index contributed by atoms with van der Waals surface area (Å²) < 4.78 is 24.8. The number of hydrogen-bond acceptors (Lipinski definition) is 4. The van der Waals surface area contributed by atoms with Crippen molar-refractivity contribution in [1.29, 1.82) is 0 Å². The number of carbonyl (C=O) groups is 1. The van der Waals surface area contributed by atoms with Crippen LogP contribution in [0, 0.1) is 5.82 Å². The molecule has 116 valence electrons. The highest BCUT2D eigenvalue weighted by molar-refractivity contribution is 9.10. The third-order valence-corrected chi connectivity index (χ3v) is 3.66. The summed E-state index contributed by atoms with van der Waals surface area (Å²) in [7, 11) is 0. The summed E-state index contributed by atoms with van der Waals surface area (Å²) in [5.41, 5.74) is 1.16. The first-order valence-electron chi connectivity index (χ1n) is 6.76. The summed E-state index contributed by atoms with van der Waals surface area (Å²) in [6, 6.07) is 14.6. The zero-order chi connectivity index (χ0) is 16.2. The van der Waals surface area contributed by atoms with Crippen molar-refractivity contribution in [3.05, 3.63) is 76.1 Å². The molecule has 0 aliphatic heterocycles. The molecule has 1 aromatic heterocycles.